The second-order valence-electron chi connectivity index (χ2n) is 7.96. The number of H-pyrrole nitrogens is 1. The topological polar surface area (TPSA) is 82.6 Å². The summed E-state index contributed by atoms with van der Waals surface area (Å²) in [7, 11) is 3.97. The van der Waals surface area contributed by atoms with E-state index in [1.54, 1.807) is 12.3 Å². The van der Waals surface area contributed by atoms with Crippen molar-refractivity contribution < 1.29 is 9.53 Å². The van der Waals surface area contributed by atoms with E-state index >= 15 is 0 Å². The highest BCUT2D eigenvalue weighted by Gasteiger charge is 2.10. The van der Waals surface area contributed by atoms with E-state index in [1.807, 2.05) is 85.7 Å². The predicted octanol–water partition coefficient (Wildman–Crippen LogP) is 4.53. The van der Waals surface area contributed by atoms with E-state index < -0.39 is 0 Å². The molecular weight excluding hydrogens is 426 g/mol. The summed E-state index contributed by atoms with van der Waals surface area (Å²) in [5, 5.41) is 11.0. The first-order chi connectivity index (χ1) is 16.6. The Morgan fingerprint density at radius 1 is 1.03 bits per heavy atom. The lowest BCUT2D eigenvalue weighted by molar-refractivity contribution is 0.0950. The van der Waals surface area contributed by atoms with Crippen LogP contribution in [0.4, 0.5) is 5.69 Å². The summed E-state index contributed by atoms with van der Waals surface area (Å²) in [4.78, 5) is 14.4. The van der Waals surface area contributed by atoms with Gasteiger partial charge in [0, 0.05) is 31.8 Å². The summed E-state index contributed by atoms with van der Waals surface area (Å²) >= 11 is 0. The molecule has 0 spiro atoms. The van der Waals surface area contributed by atoms with Crippen molar-refractivity contribution in [2.75, 3.05) is 25.6 Å². The van der Waals surface area contributed by atoms with E-state index in [1.165, 1.54) is 5.56 Å². The number of carbonyl (C=O) groups is 1. The number of benzene rings is 3. The van der Waals surface area contributed by atoms with Crippen LogP contribution in [-0.2, 0) is 6.42 Å². The van der Waals surface area contributed by atoms with Gasteiger partial charge in [0.1, 0.15) is 11.4 Å². The summed E-state index contributed by atoms with van der Waals surface area (Å²) in [6.07, 6.45) is 2.45. The largest absolute Gasteiger partial charge is 0.493 e. The molecule has 0 aliphatic carbocycles. The third-order valence-electron chi connectivity index (χ3n) is 5.26. The van der Waals surface area contributed by atoms with Crippen LogP contribution in [0.25, 0.3) is 11.3 Å². The van der Waals surface area contributed by atoms with Gasteiger partial charge in [0.05, 0.1) is 18.5 Å². The molecule has 2 N–H and O–H groups in total. The molecule has 172 valence electrons. The summed E-state index contributed by atoms with van der Waals surface area (Å²) in [5.41, 5.74) is 7.64. The van der Waals surface area contributed by atoms with E-state index in [2.05, 4.69) is 32.9 Å². The molecule has 3 aromatic carbocycles. The van der Waals surface area contributed by atoms with Gasteiger partial charge in [-0.15, -0.1) is 0 Å². The number of hydrogen-bond donors (Lipinski definition) is 2. The number of carbonyl (C=O) groups excluding carboxylic acids is 1. The van der Waals surface area contributed by atoms with Crippen LogP contribution < -0.4 is 15.1 Å². The average molecular weight is 454 g/mol. The molecule has 1 amide bonds. The fraction of sp³-hybridized carbons (Fsp3) is 0.148. The Balaban J connectivity index is 1.29. The van der Waals surface area contributed by atoms with Crippen LogP contribution in [-0.4, -0.2) is 43.0 Å². The van der Waals surface area contributed by atoms with Crippen LogP contribution in [0.2, 0.25) is 0 Å². The summed E-state index contributed by atoms with van der Waals surface area (Å²) < 4.78 is 5.83. The molecule has 34 heavy (non-hydrogen) atoms. The first kappa shape index (κ1) is 22.8. The van der Waals surface area contributed by atoms with Crippen molar-refractivity contribution in [3.05, 3.63) is 102 Å². The second-order valence-corrected chi connectivity index (χ2v) is 7.96. The van der Waals surface area contributed by atoms with Crippen LogP contribution in [0.1, 0.15) is 21.6 Å². The molecule has 7 nitrogen and oxygen atoms in total. The molecule has 0 fully saturated rings. The van der Waals surface area contributed by atoms with Crippen molar-refractivity contribution in [2.24, 2.45) is 5.10 Å². The number of aromatic amines is 1. The Morgan fingerprint density at radius 2 is 1.76 bits per heavy atom. The van der Waals surface area contributed by atoms with Crippen LogP contribution in [0, 0.1) is 0 Å². The molecule has 4 aromatic rings. The smallest absolute Gasteiger partial charge is 0.289 e. The van der Waals surface area contributed by atoms with Gasteiger partial charge in [-0.2, -0.15) is 10.2 Å². The van der Waals surface area contributed by atoms with E-state index in [4.69, 9.17) is 4.74 Å². The Morgan fingerprint density at radius 3 is 2.47 bits per heavy atom. The van der Waals surface area contributed by atoms with Crippen LogP contribution >= 0.6 is 0 Å². The SMILES string of the molecule is CN(C)c1ccc(/C=N\NC(=O)c2cc(-c3ccc(OCCc4ccccc4)cc3)n[nH]2)cc1. The lowest BCUT2D eigenvalue weighted by Crippen LogP contribution is -2.18. The molecule has 0 radical (unpaired) electrons. The molecule has 0 aliphatic heterocycles. The molecule has 7 heteroatoms. The van der Waals surface area contributed by atoms with Gasteiger partial charge in [-0.3, -0.25) is 9.89 Å². The highest BCUT2D eigenvalue weighted by molar-refractivity contribution is 5.94. The van der Waals surface area contributed by atoms with Gasteiger partial charge in [0.25, 0.3) is 5.91 Å². The van der Waals surface area contributed by atoms with Crippen molar-refractivity contribution in [3.63, 3.8) is 0 Å². The Bertz CT molecular complexity index is 1230. The van der Waals surface area contributed by atoms with Crippen molar-refractivity contribution in [3.8, 4) is 17.0 Å². The zero-order valence-corrected chi connectivity index (χ0v) is 19.2. The highest BCUT2D eigenvalue weighted by Crippen LogP contribution is 2.21. The summed E-state index contributed by atoms with van der Waals surface area (Å²) in [5.74, 6) is 0.432. The number of rotatable bonds is 9. The molecule has 0 saturated heterocycles. The van der Waals surface area contributed by atoms with E-state index in [0.717, 1.165) is 29.0 Å². The van der Waals surface area contributed by atoms with Crippen molar-refractivity contribution in [1.82, 2.24) is 15.6 Å². The number of amides is 1. The van der Waals surface area contributed by atoms with Crippen LogP contribution in [0.15, 0.2) is 90.0 Å². The molecule has 1 aromatic heterocycles. The normalized spacial score (nSPS) is 10.9. The quantitative estimate of drug-likeness (QED) is 0.288. The maximum atomic E-state index is 12.4. The van der Waals surface area contributed by atoms with E-state index in [0.29, 0.717) is 18.0 Å². The number of hydrogen-bond acceptors (Lipinski definition) is 5. The fourth-order valence-corrected chi connectivity index (χ4v) is 3.32. The number of nitrogens with zero attached hydrogens (tertiary/aromatic N) is 3. The average Bonchev–Trinajstić information content (AvgIpc) is 3.36. The first-order valence-corrected chi connectivity index (χ1v) is 11.0. The number of aromatic nitrogens is 2. The van der Waals surface area contributed by atoms with Gasteiger partial charge >= 0.3 is 0 Å². The minimum absolute atomic E-state index is 0.332. The number of ether oxygens (including phenoxy) is 1. The molecule has 0 saturated carbocycles. The fourth-order valence-electron chi connectivity index (χ4n) is 3.32. The molecular formula is C27H27N5O2. The molecule has 0 atom stereocenters. The Labute approximate surface area is 199 Å². The van der Waals surface area contributed by atoms with Gasteiger partial charge in [-0.25, -0.2) is 5.43 Å². The predicted molar refractivity (Wildman–Crippen MR) is 135 cm³/mol. The third-order valence-corrected chi connectivity index (χ3v) is 5.26. The maximum Gasteiger partial charge on any atom is 0.289 e. The minimum atomic E-state index is -0.360. The molecule has 0 aliphatic rings. The van der Waals surface area contributed by atoms with E-state index in [-0.39, 0.29) is 5.91 Å². The Hall–Kier alpha value is -4.39. The van der Waals surface area contributed by atoms with Crippen molar-refractivity contribution in [2.45, 2.75) is 6.42 Å². The third kappa shape index (κ3) is 6.10. The molecule has 1 heterocycles. The van der Waals surface area contributed by atoms with Crippen LogP contribution in [0.5, 0.6) is 5.75 Å². The molecule has 4 rings (SSSR count). The van der Waals surface area contributed by atoms with Gasteiger partial charge < -0.3 is 9.64 Å². The lowest BCUT2D eigenvalue weighted by atomic mass is 10.1. The Kier molecular flexibility index (Phi) is 7.35. The zero-order chi connectivity index (χ0) is 23.8. The summed E-state index contributed by atoms with van der Waals surface area (Å²) in [6, 6.07) is 27.4. The number of hydrazone groups is 1. The van der Waals surface area contributed by atoms with Gasteiger partial charge in [0.2, 0.25) is 0 Å². The summed E-state index contributed by atoms with van der Waals surface area (Å²) in [6.45, 7) is 0.608. The highest BCUT2D eigenvalue weighted by atomic mass is 16.5. The maximum absolute atomic E-state index is 12.4. The first-order valence-electron chi connectivity index (χ1n) is 11.0. The van der Waals surface area contributed by atoms with Crippen molar-refractivity contribution >= 4 is 17.8 Å². The van der Waals surface area contributed by atoms with Gasteiger partial charge in [0.15, 0.2) is 0 Å². The van der Waals surface area contributed by atoms with Crippen molar-refractivity contribution in [1.29, 1.82) is 0 Å². The lowest BCUT2D eigenvalue weighted by Gasteiger charge is -2.11. The number of nitrogens with one attached hydrogen (secondary N) is 2. The van der Waals surface area contributed by atoms with E-state index in [9.17, 15) is 4.79 Å². The zero-order valence-electron chi connectivity index (χ0n) is 19.2. The van der Waals surface area contributed by atoms with Crippen LogP contribution in [0.3, 0.4) is 0 Å². The minimum Gasteiger partial charge on any atom is -0.493 e. The van der Waals surface area contributed by atoms with Gasteiger partial charge in [-0.1, -0.05) is 42.5 Å². The monoisotopic (exact) mass is 453 g/mol. The second kappa shape index (κ2) is 11.0. The molecule has 0 unspecified atom stereocenters. The standard InChI is InChI=1S/C27H27N5O2/c1-32(2)23-12-8-21(9-13-23)19-28-31-27(33)26-18-25(29-30-26)22-10-14-24(15-11-22)34-17-16-20-6-4-3-5-7-20/h3-15,18-19H,16-17H2,1-2H3,(H,29,30)(H,31,33)/b28-19-. The molecule has 0 bridgehead atoms. The number of anilines is 1. The van der Waals surface area contributed by atoms with Gasteiger partial charge in [-0.05, 0) is 53.6 Å².